The number of esters is 1. The van der Waals surface area contributed by atoms with Gasteiger partial charge in [-0.2, -0.15) is 0 Å². The number of aromatic amines is 1. The lowest BCUT2D eigenvalue weighted by Crippen LogP contribution is -2.58. The van der Waals surface area contributed by atoms with Crippen LogP contribution in [0.15, 0.2) is 12.5 Å². The van der Waals surface area contributed by atoms with E-state index >= 15 is 0 Å². The van der Waals surface area contributed by atoms with E-state index in [1.165, 1.54) is 12.5 Å². The summed E-state index contributed by atoms with van der Waals surface area (Å²) < 4.78 is 9.79. The van der Waals surface area contributed by atoms with Crippen molar-refractivity contribution in [1.29, 1.82) is 0 Å². The van der Waals surface area contributed by atoms with Crippen molar-refractivity contribution in [3.8, 4) is 0 Å². The van der Waals surface area contributed by atoms with E-state index < -0.39 is 49.3 Å². The second-order valence-corrected chi connectivity index (χ2v) is 5.05. The van der Waals surface area contributed by atoms with Gasteiger partial charge in [-0.25, -0.2) is 4.98 Å². The van der Waals surface area contributed by atoms with Crippen molar-refractivity contribution in [3.05, 3.63) is 18.2 Å². The van der Waals surface area contributed by atoms with Crippen molar-refractivity contribution < 1.29 is 34.7 Å². The number of hydrogen-bond acceptors (Lipinski definition) is 9. The molecule has 1 fully saturated rings. The van der Waals surface area contributed by atoms with Gasteiger partial charge >= 0.3 is 5.97 Å². The molecule has 0 radical (unpaired) electrons. The van der Waals surface area contributed by atoms with E-state index in [-0.39, 0.29) is 6.42 Å². The molecule has 2 rings (SSSR count). The van der Waals surface area contributed by atoms with Gasteiger partial charge in [-0.1, -0.05) is 0 Å². The van der Waals surface area contributed by atoms with E-state index in [0.29, 0.717) is 5.69 Å². The fourth-order valence-electron chi connectivity index (χ4n) is 2.06. The molecule has 1 aliphatic rings. The summed E-state index contributed by atoms with van der Waals surface area (Å²) in [4.78, 5) is 18.3. The molecule has 124 valence electrons. The van der Waals surface area contributed by atoms with Gasteiger partial charge in [0.15, 0.2) is 6.29 Å². The molecule has 1 aromatic rings. The largest absolute Gasteiger partial charge is 0.462 e. The summed E-state index contributed by atoms with van der Waals surface area (Å²) in [7, 11) is 0. The van der Waals surface area contributed by atoms with Crippen LogP contribution in [0.25, 0.3) is 0 Å². The Balaban J connectivity index is 1.82. The van der Waals surface area contributed by atoms with Gasteiger partial charge in [0.2, 0.25) is 0 Å². The molecule has 1 unspecified atom stereocenters. The molecule has 0 saturated carbocycles. The summed E-state index contributed by atoms with van der Waals surface area (Å²) in [5, 5.41) is 37.9. The molecule has 0 spiro atoms. The first-order valence-corrected chi connectivity index (χ1v) is 6.67. The Labute approximate surface area is 125 Å². The Morgan fingerprint density at radius 2 is 2.09 bits per heavy atom. The lowest BCUT2D eigenvalue weighted by Gasteiger charge is -2.37. The van der Waals surface area contributed by atoms with Crippen molar-refractivity contribution in [3.63, 3.8) is 0 Å². The van der Waals surface area contributed by atoms with Gasteiger partial charge in [-0.15, -0.1) is 0 Å². The normalized spacial score (nSPS) is 33.4. The van der Waals surface area contributed by atoms with Crippen LogP contribution in [-0.2, 0) is 20.7 Å². The summed E-state index contributed by atoms with van der Waals surface area (Å²) in [6, 6.07) is -0.943. The molecule has 1 aliphatic heterocycles. The molecule has 0 aliphatic carbocycles. The number of nitrogens with zero attached hydrogens (tertiary/aromatic N) is 1. The molecule has 0 amide bonds. The molecule has 6 atom stereocenters. The third kappa shape index (κ3) is 3.80. The number of carbonyl (C=O) groups is 1. The van der Waals surface area contributed by atoms with Crippen LogP contribution in [0.5, 0.6) is 0 Å². The molecular weight excluding hydrogens is 298 g/mol. The smallest absolute Gasteiger partial charge is 0.323 e. The second kappa shape index (κ2) is 7.13. The van der Waals surface area contributed by atoms with Gasteiger partial charge in [0, 0.05) is 18.3 Å². The van der Waals surface area contributed by atoms with Gasteiger partial charge in [-0.05, 0) is 0 Å². The summed E-state index contributed by atoms with van der Waals surface area (Å²) in [5.41, 5.74) is 6.33. The molecule has 10 heteroatoms. The number of H-pyrrole nitrogens is 1. The van der Waals surface area contributed by atoms with Crippen LogP contribution >= 0.6 is 0 Å². The number of aromatic nitrogens is 2. The Morgan fingerprint density at radius 1 is 1.36 bits per heavy atom. The minimum Gasteiger partial charge on any atom is -0.462 e. The van der Waals surface area contributed by atoms with E-state index in [1.807, 2.05) is 0 Å². The molecule has 2 heterocycles. The van der Waals surface area contributed by atoms with Crippen molar-refractivity contribution in [2.45, 2.75) is 43.2 Å². The minimum absolute atomic E-state index is 0.191. The zero-order valence-electron chi connectivity index (χ0n) is 11.6. The first kappa shape index (κ1) is 16.8. The summed E-state index contributed by atoms with van der Waals surface area (Å²) in [5.74, 6) is -0.736. The standard InChI is InChI=1S/C12H19N3O7/c13-6(1-5-2-14-4-15-5)11(19)21-3-7-8(16)9(17)10(18)12(20)22-7/h2,4,6-10,12,16-18,20H,1,3,13H2,(H,14,15)/t6-,7+,8+,9-,10+,12?/m0/s1. The molecule has 1 saturated heterocycles. The zero-order chi connectivity index (χ0) is 16.3. The number of nitrogens with two attached hydrogens (primary N) is 1. The van der Waals surface area contributed by atoms with Crippen LogP contribution in [0.3, 0.4) is 0 Å². The summed E-state index contributed by atoms with van der Waals surface area (Å²) in [6.45, 7) is -0.419. The van der Waals surface area contributed by atoms with E-state index in [9.17, 15) is 25.2 Å². The first-order chi connectivity index (χ1) is 10.4. The zero-order valence-corrected chi connectivity index (χ0v) is 11.6. The molecule has 0 aromatic carbocycles. The number of aliphatic hydroxyl groups is 4. The average molecular weight is 317 g/mol. The van der Waals surface area contributed by atoms with Gasteiger partial charge < -0.3 is 40.6 Å². The predicted octanol–water partition coefficient (Wildman–Crippen LogP) is -3.38. The predicted molar refractivity (Wildman–Crippen MR) is 70.1 cm³/mol. The summed E-state index contributed by atoms with van der Waals surface area (Å²) >= 11 is 0. The second-order valence-electron chi connectivity index (χ2n) is 5.05. The number of nitrogens with one attached hydrogen (secondary N) is 1. The topological polar surface area (TPSA) is 171 Å². The van der Waals surface area contributed by atoms with Gasteiger partial charge in [0.05, 0.1) is 6.33 Å². The first-order valence-electron chi connectivity index (χ1n) is 6.67. The Morgan fingerprint density at radius 3 is 2.73 bits per heavy atom. The SMILES string of the molecule is N[C@@H](Cc1cnc[nH]1)C(=O)OC[C@H]1OC(O)[C@H](O)[C@@H](O)[C@@H]1O. The molecule has 0 bridgehead atoms. The van der Waals surface area contributed by atoms with Crippen LogP contribution in [-0.4, -0.2) is 79.7 Å². The van der Waals surface area contributed by atoms with E-state index in [2.05, 4.69) is 9.97 Å². The number of hydrogen-bond donors (Lipinski definition) is 6. The van der Waals surface area contributed by atoms with Gasteiger partial charge in [-0.3, -0.25) is 4.79 Å². The third-order valence-electron chi connectivity index (χ3n) is 3.37. The van der Waals surface area contributed by atoms with Gasteiger partial charge in [0.1, 0.15) is 37.1 Å². The highest BCUT2D eigenvalue weighted by molar-refractivity contribution is 5.75. The summed E-state index contributed by atoms with van der Waals surface area (Å²) in [6.07, 6.45) is -4.43. The Hall–Kier alpha value is -1.56. The Bertz CT molecular complexity index is 483. The van der Waals surface area contributed by atoms with Crippen molar-refractivity contribution in [2.24, 2.45) is 5.73 Å². The highest BCUT2D eigenvalue weighted by Crippen LogP contribution is 2.20. The van der Waals surface area contributed by atoms with Crippen LogP contribution in [0.2, 0.25) is 0 Å². The van der Waals surface area contributed by atoms with E-state index in [0.717, 1.165) is 0 Å². The third-order valence-corrected chi connectivity index (χ3v) is 3.37. The van der Waals surface area contributed by atoms with Crippen molar-refractivity contribution in [2.75, 3.05) is 6.61 Å². The maximum atomic E-state index is 11.8. The number of ether oxygens (including phenoxy) is 2. The molecule has 1 aromatic heterocycles. The highest BCUT2D eigenvalue weighted by Gasteiger charge is 2.43. The number of carbonyl (C=O) groups excluding carboxylic acids is 1. The number of imidazole rings is 1. The number of rotatable bonds is 5. The van der Waals surface area contributed by atoms with E-state index in [4.69, 9.17) is 15.2 Å². The van der Waals surface area contributed by atoms with Crippen LogP contribution in [0, 0.1) is 0 Å². The monoisotopic (exact) mass is 317 g/mol. The van der Waals surface area contributed by atoms with Crippen LogP contribution < -0.4 is 5.73 Å². The highest BCUT2D eigenvalue weighted by atomic mass is 16.6. The van der Waals surface area contributed by atoms with Gasteiger partial charge in [0.25, 0.3) is 0 Å². The average Bonchev–Trinajstić information content (AvgIpc) is 3.00. The maximum absolute atomic E-state index is 11.8. The molecule has 22 heavy (non-hydrogen) atoms. The maximum Gasteiger partial charge on any atom is 0.323 e. The molecule has 10 nitrogen and oxygen atoms in total. The van der Waals surface area contributed by atoms with Crippen molar-refractivity contribution >= 4 is 5.97 Å². The lowest BCUT2D eigenvalue weighted by molar-refractivity contribution is -0.287. The van der Waals surface area contributed by atoms with Crippen LogP contribution in [0.4, 0.5) is 0 Å². The molecular formula is C12H19N3O7. The number of aliphatic hydroxyl groups excluding tert-OH is 4. The van der Waals surface area contributed by atoms with Crippen molar-refractivity contribution in [1.82, 2.24) is 9.97 Å². The fourth-order valence-corrected chi connectivity index (χ4v) is 2.06. The van der Waals surface area contributed by atoms with Crippen LogP contribution in [0.1, 0.15) is 5.69 Å². The fraction of sp³-hybridized carbons (Fsp3) is 0.667. The molecule has 7 N–H and O–H groups in total. The minimum atomic E-state index is -1.68. The van der Waals surface area contributed by atoms with E-state index in [1.54, 1.807) is 0 Å². The lowest BCUT2D eigenvalue weighted by atomic mass is 9.99. The Kier molecular flexibility index (Phi) is 5.45. The quantitative estimate of drug-likeness (QED) is 0.303.